The summed E-state index contributed by atoms with van der Waals surface area (Å²) in [7, 11) is 0. The Balaban J connectivity index is 2.10. The maximum Gasteiger partial charge on any atom is 0.343 e. The zero-order valence-corrected chi connectivity index (χ0v) is 15.0. The number of carbonyl (C=O) groups excluding carboxylic acids is 2. The number of ether oxygens (including phenoxy) is 1. The van der Waals surface area contributed by atoms with Crippen LogP contribution in [-0.4, -0.2) is 35.1 Å². The Hall–Kier alpha value is -3.06. The highest BCUT2D eigenvalue weighted by atomic mass is 32.1. The highest BCUT2D eigenvalue weighted by Crippen LogP contribution is 2.26. The van der Waals surface area contributed by atoms with E-state index < -0.39 is 11.9 Å². The van der Waals surface area contributed by atoms with Crippen LogP contribution >= 0.6 is 11.3 Å². The lowest BCUT2D eigenvalue weighted by Gasteiger charge is -2.08. The van der Waals surface area contributed by atoms with E-state index in [-0.39, 0.29) is 29.5 Å². The van der Waals surface area contributed by atoms with Gasteiger partial charge in [-0.15, -0.1) is 11.3 Å². The second kappa shape index (κ2) is 7.45. The van der Waals surface area contributed by atoms with E-state index in [1.54, 1.807) is 48.7 Å². The number of aliphatic imine (C=N–C) groups is 2. The minimum Gasteiger partial charge on any atom is -0.512 e. The van der Waals surface area contributed by atoms with Gasteiger partial charge < -0.3 is 9.84 Å². The third-order valence-electron chi connectivity index (χ3n) is 3.66. The first-order chi connectivity index (χ1) is 12.5. The molecule has 6 nitrogen and oxygen atoms in total. The second-order valence-electron chi connectivity index (χ2n) is 5.40. The van der Waals surface area contributed by atoms with Crippen LogP contribution in [-0.2, 0) is 9.53 Å². The number of thiophene rings is 1. The van der Waals surface area contributed by atoms with Gasteiger partial charge in [0.05, 0.1) is 17.2 Å². The SMILES string of the molecule is CCOC(=O)C(C1=NC(=NC(=O)c2cccs2)c2ccccc21)=C(C)O. The topological polar surface area (TPSA) is 88.3 Å². The molecule has 1 aromatic carbocycles. The highest BCUT2D eigenvalue weighted by Gasteiger charge is 2.30. The summed E-state index contributed by atoms with van der Waals surface area (Å²) in [4.78, 5) is 33.6. The zero-order valence-electron chi connectivity index (χ0n) is 14.2. The molecule has 2 aromatic rings. The lowest BCUT2D eigenvalue weighted by Crippen LogP contribution is -2.18. The first-order valence-corrected chi connectivity index (χ1v) is 8.83. The van der Waals surface area contributed by atoms with Gasteiger partial charge >= 0.3 is 5.97 Å². The number of hydrogen-bond donors (Lipinski definition) is 1. The van der Waals surface area contributed by atoms with Crippen LogP contribution in [0, 0.1) is 0 Å². The van der Waals surface area contributed by atoms with Crippen LogP contribution < -0.4 is 0 Å². The van der Waals surface area contributed by atoms with Crippen molar-refractivity contribution < 1.29 is 19.4 Å². The molecule has 0 unspecified atom stereocenters. The van der Waals surface area contributed by atoms with E-state index in [4.69, 9.17) is 4.74 Å². The van der Waals surface area contributed by atoms with Gasteiger partial charge in [0.25, 0.3) is 5.91 Å². The molecule has 0 aliphatic carbocycles. The highest BCUT2D eigenvalue weighted by molar-refractivity contribution is 7.12. The van der Waals surface area contributed by atoms with Crippen molar-refractivity contribution in [1.29, 1.82) is 0 Å². The van der Waals surface area contributed by atoms with Gasteiger partial charge in [-0.2, -0.15) is 4.99 Å². The number of benzene rings is 1. The fraction of sp³-hybridized carbons (Fsp3) is 0.158. The van der Waals surface area contributed by atoms with Crippen molar-refractivity contribution in [3.8, 4) is 0 Å². The normalized spacial score (nSPS) is 15.3. The molecule has 0 bridgehead atoms. The molecule has 1 aliphatic rings. The van der Waals surface area contributed by atoms with Crippen molar-refractivity contribution in [2.45, 2.75) is 13.8 Å². The Morgan fingerprint density at radius 3 is 2.54 bits per heavy atom. The van der Waals surface area contributed by atoms with Crippen molar-refractivity contribution in [2.24, 2.45) is 9.98 Å². The van der Waals surface area contributed by atoms with E-state index in [0.717, 1.165) is 0 Å². The lowest BCUT2D eigenvalue weighted by molar-refractivity contribution is -0.138. The van der Waals surface area contributed by atoms with E-state index in [0.29, 0.717) is 16.0 Å². The number of rotatable bonds is 4. The van der Waals surface area contributed by atoms with E-state index in [1.807, 2.05) is 0 Å². The maximum absolute atomic E-state index is 12.3. The molecule has 1 amide bonds. The number of allylic oxidation sites excluding steroid dienone is 1. The summed E-state index contributed by atoms with van der Waals surface area (Å²) in [6.45, 7) is 3.24. The van der Waals surface area contributed by atoms with Crippen LogP contribution in [0.1, 0.15) is 34.6 Å². The minimum absolute atomic E-state index is 0.0342. The summed E-state index contributed by atoms with van der Waals surface area (Å²) in [6, 6.07) is 10.6. The van der Waals surface area contributed by atoms with Crippen LogP contribution in [0.2, 0.25) is 0 Å². The number of nitrogens with zero attached hydrogens (tertiary/aromatic N) is 2. The van der Waals surface area contributed by atoms with Crippen molar-refractivity contribution >= 4 is 34.8 Å². The molecule has 2 heterocycles. The minimum atomic E-state index is -0.674. The standard InChI is InChI=1S/C19H16N2O4S/c1-3-25-19(24)15(11(2)22)16-12-7-4-5-8-13(12)17(20-16)21-18(23)14-9-6-10-26-14/h4-10,22H,3H2,1-2H3. The monoisotopic (exact) mass is 368 g/mol. The first-order valence-electron chi connectivity index (χ1n) is 7.95. The fourth-order valence-corrected chi connectivity index (χ4v) is 3.16. The van der Waals surface area contributed by atoms with E-state index in [1.165, 1.54) is 18.3 Å². The predicted octanol–water partition coefficient (Wildman–Crippen LogP) is 3.53. The summed E-state index contributed by atoms with van der Waals surface area (Å²) < 4.78 is 5.03. The molecular formula is C19H16N2O4S. The number of amidine groups is 1. The number of carbonyl (C=O) groups is 2. The molecule has 0 fully saturated rings. The number of aliphatic hydroxyl groups is 1. The Morgan fingerprint density at radius 1 is 1.19 bits per heavy atom. The molecule has 26 heavy (non-hydrogen) atoms. The Morgan fingerprint density at radius 2 is 1.92 bits per heavy atom. The first kappa shape index (κ1) is 17.8. The molecule has 0 saturated carbocycles. The Bertz CT molecular complexity index is 952. The fourth-order valence-electron chi connectivity index (χ4n) is 2.56. The molecule has 1 N–H and O–H groups in total. The van der Waals surface area contributed by atoms with E-state index in [2.05, 4.69) is 9.98 Å². The lowest BCUT2D eigenvalue weighted by atomic mass is 9.99. The average molecular weight is 368 g/mol. The summed E-state index contributed by atoms with van der Waals surface area (Å²) in [5.41, 5.74) is 1.45. The van der Waals surface area contributed by atoms with Crippen molar-refractivity contribution in [3.63, 3.8) is 0 Å². The van der Waals surface area contributed by atoms with Crippen LogP contribution in [0.15, 0.2) is 63.1 Å². The summed E-state index contributed by atoms with van der Waals surface area (Å²) in [5.74, 6) is -1.08. The van der Waals surface area contributed by atoms with Gasteiger partial charge in [-0.05, 0) is 25.3 Å². The third kappa shape index (κ3) is 3.34. The number of aliphatic hydroxyl groups excluding tert-OH is 1. The average Bonchev–Trinajstić information content (AvgIpc) is 3.25. The molecule has 7 heteroatoms. The molecule has 3 rings (SSSR count). The van der Waals surface area contributed by atoms with Gasteiger partial charge in [0.2, 0.25) is 0 Å². The van der Waals surface area contributed by atoms with Gasteiger partial charge in [0.1, 0.15) is 11.3 Å². The van der Waals surface area contributed by atoms with Gasteiger partial charge in [-0.1, -0.05) is 30.3 Å². The molecular weight excluding hydrogens is 352 g/mol. The molecule has 132 valence electrons. The van der Waals surface area contributed by atoms with Crippen molar-refractivity contribution in [1.82, 2.24) is 0 Å². The van der Waals surface area contributed by atoms with Crippen molar-refractivity contribution in [2.75, 3.05) is 6.61 Å². The van der Waals surface area contributed by atoms with Gasteiger partial charge in [0.15, 0.2) is 5.84 Å². The molecule has 0 saturated heterocycles. The molecule has 0 spiro atoms. The quantitative estimate of drug-likeness (QED) is 0.508. The maximum atomic E-state index is 12.3. The number of esters is 1. The number of amides is 1. The molecule has 0 atom stereocenters. The van der Waals surface area contributed by atoms with Crippen LogP contribution in [0.3, 0.4) is 0 Å². The number of fused-ring (bicyclic) bond motifs is 1. The smallest absolute Gasteiger partial charge is 0.343 e. The zero-order chi connectivity index (χ0) is 18.7. The van der Waals surface area contributed by atoms with E-state index in [9.17, 15) is 14.7 Å². The third-order valence-corrected chi connectivity index (χ3v) is 4.52. The van der Waals surface area contributed by atoms with Crippen LogP contribution in [0.25, 0.3) is 0 Å². The van der Waals surface area contributed by atoms with Gasteiger partial charge in [-0.25, -0.2) is 9.79 Å². The van der Waals surface area contributed by atoms with Crippen LogP contribution in [0.4, 0.5) is 0 Å². The summed E-state index contributed by atoms with van der Waals surface area (Å²) in [5, 5.41) is 11.8. The number of hydrogen-bond acceptors (Lipinski definition) is 5. The second-order valence-corrected chi connectivity index (χ2v) is 6.35. The molecule has 1 aromatic heterocycles. The van der Waals surface area contributed by atoms with E-state index >= 15 is 0 Å². The molecule has 0 radical (unpaired) electrons. The van der Waals surface area contributed by atoms with Crippen LogP contribution in [0.5, 0.6) is 0 Å². The largest absolute Gasteiger partial charge is 0.512 e. The van der Waals surface area contributed by atoms with Crippen molar-refractivity contribution in [3.05, 3.63) is 69.1 Å². The van der Waals surface area contributed by atoms with Gasteiger partial charge in [-0.3, -0.25) is 4.79 Å². The summed E-state index contributed by atoms with van der Waals surface area (Å²) >= 11 is 1.29. The van der Waals surface area contributed by atoms with Gasteiger partial charge in [0, 0.05) is 11.1 Å². The predicted molar refractivity (Wildman–Crippen MR) is 100 cm³/mol. The Kier molecular flexibility index (Phi) is 5.09. The molecule has 1 aliphatic heterocycles. The Labute approximate surface area is 154 Å². The summed E-state index contributed by atoms with van der Waals surface area (Å²) in [6.07, 6.45) is 0.